The molecule has 6 nitrogen and oxygen atoms in total. The standard InChI is InChI=1S/C19H32N4O2S.HI/c1-16(11-14-26(3,24)25)22-19(20-2)21-15-18(23-12-7-8-13-23)17-9-5-4-6-10-17;/h4-6,9-10,16,18H,7-8,11-15H2,1-3H3,(H2,20,21,22);1H. The molecule has 1 aliphatic rings. The summed E-state index contributed by atoms with van der Waals surface area (Å²) in [4.78, 5) is 6.81. The van der Waals surface area contributed by atoms with Crippen LogP contribution >= 0.6 is 24.0 Å². The van der Waals surface area contributed by atoms with Gasteiger partial charge >= 0.3 is 0 Å². The molecule has 0 aromatic heterocycles. The smallest absolute Gasteiger partial charge is 0.191 e. The normalized spacial score (nSPS) is 17.8. The van der Waals surface area contributed by atoms with Gasteiger partial charge in [-0.15, -0.1) is 24.0 Å². The van der Waals surface area contributed by atoms with Crippen molar-refractivity contribution in [2.45, 2.75) is 38.3 Å². The predicted molar refractivity (Wildman–Crippen MR) is 124 cm³/mol. The number of hydrogen-bond donors (Lipinski definition) is 2. The maximum absolute atomic E-state index is 11.3. The molecule has 2 atom stereocenters. The van der Waals surface area contributed by atoms with E-state index in [1.54, 1.807) is 7.05 Å². The van der Waals surface area contributed by atoms with Crippen molar-refractivity contribution in [1.82, 2.24) is 15.5 Å². The van der Waals surface area contributed by atoms with E-state index in [1.165, 1.54) is 24.7 Å². The van der Waals surface area contributed by atoms with Gasteiger partial charge in [-0.2, -0.15) is 0 Å². The van der Waals surface area contributed by atoms with Gasteiger partial charge in [0, 0.05) is 25.9 Å². The number of sulfone groups is 1. The molecule has 2 unspecified atom stereocenters. The van der Waals surface area contributed by atoms with Crippen molar-refractivity contribution in [3.8, 4) is 0 Å². The molecule has 154 valence electrons. The Kier molecular flexibility index (Phi) is 10.6. The number of hydrogen-bond acceptors (Lipinski definition) is 4. The summed E-state index contributed by atoms with van der Waals surface area (Å²) in [6.07, 6.45) is 4.33. The van der Waals surface area contributed by atoms with E-state index in [9.17, 15) is 8.42 Å². The van der Waals surface area contributed by atoms with Crippen molar-refractivity contribution in [3.05, 3.63) is 35.9 Å². The summed E-state index contributed by atoms with van der Waals surface area (Å²) in [5, 5.41) is 6.71. The first-order chi connectivity index (χ1) is 12.4. The van der Waals surface area contributed by atoms with Crippen LogP contribution in [0.2, 0.25) is 0 Å². The van der Waals surface area contributed by atoms with Gasteiger partial charge in [-0.3, -0.25) is 9.89 Å². The van der Waals surface area contributed by atoms with Gasteiger partial charge in [-0.25, -0.2) is 8.42 Å². The third-order valence-corrected chi connectivity index (χ3v) is 5.73. The lowest BCUT2D eigenvalue weighted by Crippen LogP contribution is -2.46. The lowest BCUT2D eigenvalue weighted by Gasteiger charge is -2.29. The van der Waals surface area contributed by atoms with E-state index in [-0.39, 0.29) is 35.8 Å². The second-order valence-corrected chi connectivity index (χ2v) is 9.35. The van der Waals surface area contributed by atoms with Crippen LogP contribution in [0.25, 0.3) is 0 Å². The molecule has 1 aromatic rings. The maximum atomic E-state index is 11.3. The van der Waals surface area contributed by atoms with Crippen LogP contribution in [0, 0.1) is 0 Å². The molecular formula is C19H33IN4O2S. The Labute approximate surface area is 181 Å². The molecular weight excluding hydrogens is 475 g/mol. The largest absolute Gasteiger partial charge is 0.354 e. The second-order valence-electron chi connectivity index (χ2n) is 7.09. The molecule has 0 bridgehead atoms. The number of nitrogens with zero attached hydrogens (tertiary/aromatic N) is 2. The topological polar surface area (TPSA) is 73.8 Å². The van der Waals surface area contributed by atoms with Crippen molar-refractivity contribution >= 4 is 39.8 Å². The Morgan fingerprint density at radius 3 is 2.41 bits per heavy atom. The molecule has 8 heteroatoms. The molecule has 1 aromatic carbocycles. The van der Waals surface area contributed by atoms with Crippen LogP contribution in [0.3, 0.4) is 0 Å². The van der Waals surface area contributed by atoms with Crippen LogP contribution < -0.4 is 10.6 Å². The van der Waals surface area contributed by atoms with Gasteiger partial charge in [-0.1, -0.05) is 30.3 Å². The Hall–Kier alpha value is -0.870. The van der Waals surface area contributed by atoms with Crippen molar-refractivity contribution in [2.75, 3.05) is 38.7 Å². The lowest BCUT2D eigenvalue weighted by atomic mass is 10.1. The zero-order valence-corrected chi connectivity index (χ0v) is 19.7. The molecule has 1 heterocycles. The van der Waals surface area contributed by atoms with Crippen molar-refractivity contribution in [2.24, 2.45) is 4.99 Å². The highest BCUT2D eigenvalue weighted by atomic mass is 127. The Balaban J connectivity index is 0.00000364. The molecule has 1 fully saturated rings. The summed E-state index contributed by atoms with van der Waals surface area (Å²) in [6.45, 7) is 4.99. The van der Waals surface area contributed by atoms with Crippen LogP contribution in [0.15, 0.2) is 35.3 Å². The lowest BCUT2D eigenvalue weighted by molar-refractivity contribution is 0.245. The number of nitrogens with one attached hydrogen (secondary N) is 2. The van der Waals surface area contributed by atoms with Gasteiger partial charge in [0.25, 0.3) is 0 Å². The molecule has 0 saturated carbocycles. The summed E-state index contributed by atoms with van der Waals surface area (Å²) in [5.41, 5.74) is 1.31. The third-order valence-electron chi connectivity index (χ3n) is 4.76. The zero-order valence-electron chi connectivity index (χ0n) is 16.5. The fraction of sp³-hybridized carbons (Fsp3) is 0.632. The summed E-state index contributed by atoms with van der Waals surface area (Å²) < 4.78 is 22.7. The van der Waals surface area contributed by atoms with Crippen molar-refractivity contribution < 1.29 is 8.42 Å². The Morgan fingerprint density at radius 1 is 1.22 bits per heavy atom. The first-order valence-electron chi connectivity index (χ1n) is 9.33. The number of guanidine groups is 1. The molecule has 0 spiro atoms. The summed E-state index contributed by atoms with van der Waals surface area (Å²) in [7, 11) is -1.20. The minimum Gasteiger partial charge on any atom is -0.354 e. The first kappa shape index (κ1) is 24.2. The van der Waals surface area contributed by atoms with Gasteiger partial charge in [0.1, 0.15) is 9.84 Å². The maximum Gasteiger partial charge on any atom is 0.191 e. The summed E-state index contributed by atoms with van der Waals surface area (Å²) in [5.74, 6) is 0.893. The number of halogens is 1. The molecule has 1 saturated heterocycles. The number of likely N-dealkylation sites (tertiary alicyclic amines) is 1. The fourth-order valence-electron chi connectivity index (χ4n) is 3.27. The number of rotatable bonds is 8. The van der Waals surface area contributed by atoms with Crippen LogP contribution in [-0.4, -0.2) is 64.0 Å². The van der Waals surface area contributed by atoms with E-state index < -0.39 is 9.84 Å². The van der Waals surface area contributed by atoms with Crippen LogP contribution in [0.5, 0.6) is 0 Å². The SMILES string of the molecule is CN=C(NCC(c1ccccc1)N1CCCC1)NC(C)CCS(C)(=O)=O.I. The number of benzene rings is 1. The molecule has 2 N–H and O–H groups in total. The molecule has 27 heavy (non-hydrogen) atoms. The first-order valence-corrected chi connectivity index (χ1v) is 11.4. The van der Waals surface area contributed by atoms with Gasteiger partial charge in [0.05, 0.1) is 11.8 Å². The van der Waals surface area contributed by atoms with Crippen molar-refractivity contribution in [1.29, 1.82) is 0 Å². The molecule has 1 aliphatic heterocycles. The third kappa shape index (κ3) is 8.78. The average Bonchev–Trinajstić information content (AvgIpc) is 3.14. The van der Waals surface area contributed by atoms with Crippen LogP contribution in [-0.2, 0) is 9.84 Å². The Morgan fingerprint density at radius 2 is 1.85 bits per heavy atom. The monoisotopic (exact) mass is 508 g/mol. The number of aliphatic imine (C=N–C) groups is 1. The van der Waals surface area contributed by atoms with E-state index in [0.717, 1.165) is 19.6 Å². The quantitative estimate of drug-likeness (QED) is 0.321. The highest BCUT2D eigenvalue weighted by Gasteiger charge is 2.23. The van der Waals surface area contributed by atoms with Crippen LogP contribution in [0.1, 0.15) is 37.8 Å². The highest BCUT2D eigenvalue weighted by Crippen LogP contribution is 2.24. The van der Waals surface area contributed by atoms with Crippen LogP contribution in [0.4, 0.5) is 0 Å². The van der Waals surface area contributed by atoms with E-state index in [4.69, 9.17) is 0 Å². The fourth-order valence-corrected chi connectivity index (χ4v) is 4.05. The van der Waals surface area contributed by atoms with Crippen molar-refractivity contribution in [3.63, 3.8) is 0 Å². The molecule has 0 radical (unpaired) electrons. The van der Waals surface area contributed by atoms with Gasteiger partial charge in [0.2, 0.25) is 0 Å². The Bertz CT molecular complexity index is 676. The summed E-state index contributed by atoms with van der Waals surface area (Å²) >= 11 is 0. The van der Waals surface area contributed by atoms with E-state index in [1.807, 2.05) is 13.0 Å². The minimum absolute atomic E-state index is 0. The average molecular weight is 508 g/mol. The van der Waals surface area contributed by atoms with Gasteiger partial charge in [-0.05, 0) is 44.8 Å². The predicted octanol–water partition coefficient (Wildman–Crippen LogP) is 2.43. The summed E-state index contributed by atoms with van der Waals surface area (Å²) in [6, 6.07) is 10.9. The minimum atomic E-state index is -2.94. The zero-order chi connectivity index (χ0) is 19.0. The van der Waals surface area contributed by atoms with Gasteiger partial charge < -0.3 is 10.6 Å². The second kappa shape index (κ2) is 11.9. The van der Waals surface area contributed by atoms with E-state index >= 15 is 0 Å². The molecule has 0 aliphatic carbocycles. The van der Waals surface area contributed by atoms with E-state index in [2.05, 4.69) is 44.8 Å². The van der Waals surface area contributed by atoms with Gasteiger partial charge in [0.15, 0.2) is 5.96 Å². The highest BCUT2D eigenvalue weighted by molar-refractivity contribution is 14.0. The molecule has 0 amide bonds. The molecule has 2 rings (SSSR count). The van der Waals surface area contributed by atoms with E-state index in [0.29, 0.717) is 18.4 Å².